The molecule has 0 aromatic heterocycles. The van der Waals surface area contributed by atoms with Crippen molar-refractivity contribution in [2.75, 3.05) is 27.2 Å². The topological polar surface area (TPSA) is 40.5 Å². The number of Topliss-reactive ketones (excluding diaryl/α,β-unsaturated/α-hetero) is 1. The number of hydrogen-bond donors (Lipinski definition) is 1. The van der Waals surface area contributed by atoms with E-state index in [0.29, 0.717) is 5.92 Å². The lowest BCUT2D eigenvalue weighted by Gasteiger charge is -2.03. The van der Waals surface area contributed by atoms with Gasteiger partial charge in [0.2, 0.25) is 0 Å². The highest BCUT2D eigenvalue weighted by Gasteiger charge is 1.95. The molecular formula is C10H23NO2. The lowest BCUT2D eigenvalue weighted by atomic mass is 10.1. The van der Waals surface area contributed by atoms with Crippen molar-refractivity contribution in [3.05, 3.63) is 0 Å². The normalized spacial score (nSPS) is 9.85. The minimum Gasteiger partial charge on any atom is -0.395 e. The summed E-state index contributed by atoms with van der Waals surface area (Å²) in [7, 11) is 3.85. The fraction of sp³-hybridized carbons (Fsp3) is 0.900. The van der Waals surface area contributed by atoms with Gasteiger partial charge in [0.1, 0.15) is 5.78 Å². The van der Waals surface area contributed by atoms with Gasteiger partial charge < -0.3 is 14.8 Å². The number of ketones is 1. The summed E-state index contributed by atoms with van der Waals surface area (Å²) in [5.74, 6) is 0.813. The Morgan fingerprint density at radius 1 is 1.38 bits per heavy atom. The van der Waals surface area contributed by atoms with Crippen LogP contribution in [0.25, 0.3) is 0 Å². The predicted octanol–water partition coefficient (Wildman–Crippen LogP) is 1.16. The van der Waals surface area contributed by atoms with Gasteiger partial charge in [0.25, 0.3) is 0 Å². The van der Waals surface area contributed by atoms with Gasteiger partial charge in [-0.05, 0) is 26.9 Å². The fourth-order valence-corrected chi connectivity index (χ4v) is 0.775. The number of aliphatic hydroxyl groups excluding tert-OH is 1. The predicted molar refractivity (Wildman–Crippen MR) is 55.8 cm³/mol. The third-order valence-electron chi connectivity index (χ3n) is 1.24. The van der Waals surface area contributed by atoms with Gasteiger partial charge in [0, 0.05) is 13.0 Å². The number of carbonyl (C=O) groups is 1. The lowest BCUT2D eigenvalue weighted by Crippen LogP contribution is -2.15. The van der Waals surface area contributed by atoms with Crippen LogP contribution >= 0.6 is 0 Å². The van der Waals surface area contributed by atoms with Gasteiger partial charge in [0.15, 0.2) is 0 Å². The van der Waals surface area contributed by atoms with E-state index >= 15 is 0 Å². The van der Waals surface area contributed by atoms with Crippen LogP contribution in [0.3, 0.4) is 0 Å². The van der Waals surface area contributed by atoms with Gasteiger partial charge in [-0.3, -0.25) is 0 Å². The van der Waals surface area contributed by atoms with Crippen molar-refractivity contribution >= 4 is 5.78 Å². The number of likely N-dealkylation sites (N-methyl/N-ethyl adjacent to an activating group) is 1. The summed E-state index contributed by atoms with van der Waals surface area (Å²) in [5.41, 5.74) is 0. The average Bonchev–Trinajstić information content (AvgIpc) is 1.83. The Kier molecular flexibility index (Phi) is 11.2. The summed E-state index contributed by atoms with van der Waals surface area (Å²) < 4.78 is 0. The molecule has 3 nitrogen and oxygen atoms in total. The Morgan fingerprint density at radius 3 is 1.85 bits per heavy atom. The third kappa shape index (κ3) is 24.5. The largest absolute Gasteiger partial charge is 0.395 e. The van der Waals surface area contributed by atoms with Gasteiger partial charge in [-0.2, -0.15) is 0 Å². The molecule has 0 aliphatic rings. The van der Waals surface area contributed by atoms with Crippen molar-refractivity contribution in [1.82, 2.24) is 4.90 Å². The van der Waals surface area contributed by atoms with Crippen molar-refractivity contribution in [2.45, 2.75) is 27.2 Å². The first-order valence-electron chi connectivity index (χ1n) is 4.65. The molecule has 3 heteroatoms. The second-order valence-corrected chi connectivity index (χ2v) is 3.83. The van der Waals surface area contributed by atoms with E-state index < -0.39 is 0 Å². The second kappa shape index (κ2) is 9.68. The van der Waals surface area contributed by atoms with E-state index in [1.54, 1.807) is 6.92 Å². The molecule has 0 bridgehead atoms. The fourth-order valence-electron chi connectivity index (χ4n) is 0.775. The molecule has 0 aromatic carbocycles. The maximum absolute atomic E-state index is 10.3. The number of carbonyl (C=O) groups excluding carboxylic acids is 1. The van der Waals surface area contributed by atoms with Crippen LogP contribution in [0, 0.1) is 5.92 Å². The molecule has 0 atom stereocenters. The highest BCUT2D eigenvalue weighted by Crippen LogP contribution is 1.97. The van der Waals surface area contributed by atoms with Crippen molar-refractivity contribution in [3.8, 4) is 0 Å². The molecule has 0 aliphatic carbocycles. The molecule has 0 amide bonds. The van der Waals surface area contributed by atoms with E-state index in [4.69, 9.17) is 5.11 Å². The Hall–Kier alpha value is -0.410. The molecule has 13 heavy (non-hydrogen) atoms. The van der Waals surface area contributed by atoms with Crippen LogP contribution < -0.4 is 0 Å². The Balaban J connectivity index is 0. The Labute approximate surface area is 81.7 Å². The Bertz CT molecular complexity index is 122. The summed E-state index contributed by atoms with van der Waals surface area (Å²) in [6, 6.07) is 0. The zero-order valence-corrected chi connectivity index (χ0v) is 9.50. The van der Waals surface area contributed by atoms with Crippen LogP contribution in [-0.4, -0.2) is 43.0 Å². The summed E-state index contributed by atoms with van der Waals surface area (Å²) >= 11 is 0. The molecule has 0 saturated carbocycles. The monoisotopic (exact) mass is 189 g/mol. The molecule has 0 radical (unpaired) electrons. The van der Waals surface area contributed by atoms with Crippen molar-refractivity contribution in [2.24, 2.45) is 5.92 Å². The Morgan fingerprint density at radius 2 is 1.85 bits per heavy atom. The standard InChI is InChI=1S/C6H12O.C4H11NO/c1-5(2)4-6(3)7;1-5(2)3-4-6/h5H,4H2,1-3H3;6H,3-4H2,1-2H3. The smallest absolute Gasteiger partial charge is 0.130 e. The first-order valence-corrected chi connectivity index (χ1v) is 4.65. The minimum atomic E-state index is 0.257. The number of aliphatic hydroxyl groups is 1. The maximum Gasteiger partial charge on any atom is 0.130 e. The summed E-state index contributed by atoms with van der Waals surface area (Å²) in [5, 5.41) is 8.20. The summed E-state index contributed by atoms with van der Waals surface area (Å²) in [6.07, 6.45) is 0.722. The van der Waals surface area contributed by atoms with E-state index in [-0.39, 0.29) is 12.4 Å². The molecule has 1 N–H and O–H groups in total. The lowest BCUT2D eigenvalue weighted by molar-refractivity contribution is -0.117. The molecule has 0 heterocycles. The molecule has 0 fully saturated rings. The van der Waals surface area contributed by atoms with Gasteiger partial charge >= 0.3 is 0 Å². The minimum absolute atomic E-state index is 0.257. The second-order valence-electron chi connectivity index (χ2n) is 3.83. The van der Waals surface area contributed by atoms with Crippen LogP contribution in [-0.2, 0) is 4.79 Å². The number of nitrogens with zero attached hydrogens (tertiary/aromatic N) is 1. The van der Waals surface area contributed by atoms with E-state index in [1.807, 2.05) is 32.8 Å². The van der Waals surface area contributed by atoms with E-state index in [9.17, 15) is 4.79 Å². The van der Waals surface area contributed by atoms with Gasteiger partial charge in [0.05, 0.1) is 6.61 Å². The number of hydrogen-bond acceptors (Lipinski definition) is 3. The molecule has 0 aromatic rings. The summed E-state index contributed by atoms with van der Waals surface area (Å²) in [4.78, 5) is 12.2. The van der Waals surface area contributed by atoms with Crippen LogP contribution in [0.2, 0.25) is 0 Å². The van der Waals surface area contributed by atoms with Crippen LogP contribution in [0.5, 0.6) is 0 Å². The zero-order valence-electron chi connectivity index (χ0n) is 9.50. The zero-order chi connectivity index (χ0) is 10.9. The highest BCUT2D eigenvalue weighted by molar-refractivity contribution is 5.75. The van der Waals surface area contributed by atoms with E-state index in [2.05, 4.69) is 0 Å². The highest BCUT2D eigenvalue weighted by atomic mass is 16.3. The molecule has 0 rings (SSSR count). The molecule has 0 aliphatic heterocycles. The van der Waals surface area contributed by atoms with Crippen molar-refractivity contribution in [3.63, 3.8) is 0 Å². The maximum atomic E-state index is 10.3. The van der Waals surface area contributed by atoms with Gasteiger partial charge in [-0.25, -0.2) is 0 Å². The van der Waals surface area contributed by atoms with Crippen molar-refractivity contribution < 1.29 is 9.90 Å². The van der Waals surface area contributed by atoms with Gasteiger partial charge in [-0.1, -0.05) is 13.8 Å². The quantitative estimate of drug-likeness (QED) is 0.721. The van der Waals surface area contributed by atoms with Gasteiger partial charge in [-0.15, -0.1) is 0 Å². The third-order valence-corrected chi connectivity index (χ3v) is 1.24. The molecule has 0 spiro atoms. The summed E-state index contributed by atoms with van der Waals surface area (Å²) in [6.45, 7) is 6.73. The molecule has 0 unspecified atom stereocenters. The van der Waals surface area contributed by atoms with E-state index in [1.165, 1.54) is 0 Å². The first-order chi connectivity index (χ1) is 5.90. The average molecular weight is 189 g/mol. The molecule has 0 saturated heterocycles. The number of rotatable bonds is 4. The van der Waals surface area contributed by atoms with Crippen LogP contribution in [0.4, 0.5) is 0 Å². The SMILES string of the molecule is CC(=O)CC(C)C.CN(C)CCO. The first kappa shape index (κ1) is 15.1. The molecule has 80 valence electrons. The van der Waals surface area contributed by atoms with Crippen molar-refractivity contribution in [1.29, 1.82) is 0 Å². The van der Waals surface area contributed by atoms with Crippen LogP contribution in [0.1, 0.15) is 27.2 Å². The molecular weight excluding hydrogens is 166 g/mol. The van der Waals surface area contributed by atoms with Crippen LogP contribution in [0.15, 0.2) is 0 Å². The van der Waals surface area contributed by atoms with E-state index in [0.717, 1.165) is 13.0 Å².